The van der Waals surface area contributed by atoms with Gasteiger partial charge in [-0.1, -0.05) is 48.0 Å². The minimum atomic E-state index is -3.77. The molecule has 4 rings (SSSR count). The fourth-order valence-electron chi connectivity index (χ4n) is 3.65. The molecule has 31 heavy (non-hydrogen) atoms. The van der Waals surface area contributed by atoms with E-state index in [0.29, 0.717) is 28.4 Å². The Labute approximate surface area is 186 Å². The van der Waals surface area contributed by atoms with Crippen LogP contribution in [0.15, 0.2) is 77.7 Å². The van der Waals surface area contributed by atoms with Gasteiger partial charge in [0, 0.05) is 28.9 Å². The van der Waals surface area contributed by atoms with Crippen LogP contribution in [0.2, 0.25) is 5.02 Å². The summed E-state index contributed by atoms with van der Waals surface area (Å²) in [6.45, 7) is 7.43. The first-order valence-corrected chi connectivity index (χ1v) is 11.4. The van der Waals surface area contributed by atoms with Crippen LogP contribution in [-0.4, -0.2) is 26.9 Å². The zero-order valence-corrected chi connectivity index (χ0v) is 17.9. The van der Waals surface area contributed by atoms with E-state index in [2.05, 4.69) is 9.57 Å². The normalized spacial score (nSPS) is 15.7. The van der Waals surface area contributed by atoms with Gasteiger partial charge in [-0.3, -0.25) is 4.79 Å². The summed E-state index contributed by atoms with van der Waals surface area (Å²) in [7, 11) is -3.77. The van der Waals surface area contributed by atoms with E-state index in [1.165, 1.54) is 17.0 Å². The molecule has 1 aliphatic heterocycles. The lowest BCUT2D eigenvalue weighted by Crippen LogP contribution is -2.50. The number of fused-ring (bicyclic) bond motifs is 1. The Hall–Kier alpha value is -3.18. The quantitative estimate of drug-likeness (QED) is 0.596. The summed E-state index contributed by atoms with van der Waals surface area (Å²) in [5, 5.41) is 0.438. The number of nitrogens with zero attached hydrogens (tertiary/aromatic N) is 2. The topological polar surface area (TPSA) is 70.8 Å². The summed E-state index contributed by atoms with van der Waals surface area (Å²) in [6, 6.07) is 19.2. The number of rotatable bonds is 4. The highest BCUT2D eigenvalue weighted by Gasteiger charge is 2.32. The van der Waals surface area contributed by atoms with Crippen molar-refractivity contribution in [3.8, 4) is 0 Å². The van der Waals surface area contributed by atoms with Gasteiger partial charge in [0.15, 0.2) is 5.69 Å². The zero-order chi connectivity index (χ0) is 22.0. The molecule has 0 spiro atoms. The maximum absolute atomic E-state index is 13.3. The monoisotopic (exact) mass is 451 g/mol. The largest absolute Gasteiger partial charge is 0.307 e. The predicted octanol–water partition coefficient (Wildman–Crippen LogP) is 4.44. The Morgan fingerprint density at radius 3 is 2.55 bits per heavy atom. The molecule has 1 N–H and O–H groups in total. The minimum Gasteiger partial charge on any atom is -0.307 e. The molecule has 0 saturated carbocycles. The molecular formula is C23H18ClN3O3S. The number of carbonyl (C=O) groups excluding carboxylic acids is 1. The molecule has 0 aliphatic carbocycles. The second-order valence-corrected chi connectivity index (χ2v) is 9.34. The first-order chi connectivity index (χ1) is 14.9. The molecule has 1 heterocycles. The Balaban J connectivity index is 1.70. The first-order valence-electron chi connectivity index (χ1n) is 9.52. The fourth-order valence-corrected chi connectivity index (χ4v) is 5.09. The lowest BCUT2D eigenvalue weighted by Gasteiger charge is -2.35. The van der Waals surface area contributed by atoms with Gasteiger partial charge in [0.05, 0.1) is 11.5 Å². The predicted molar refractivity (Wildman–Crippen MR) is 120 cm³/mol. The molecule has 6 nitrogen and oxygen atoms in total. The smallest absolute Gasteiger partial charge is 0.258 e. The highest BCUT2D eigenvalue weighted by Crippen LogP contribution is 2.32. The van der Waals surface area contributed by atoms with Gasteiger partial charge in [-0.15, -0.1) is 0 Å². The van der Waals surface area contributed by atoms with Crippen molar-refractivity contribution >= 4 is 38.9 Å². The zero-order valence-electron chi connectivity index (χ0n) is 16.3. The third-order valence-corrected chi connectivity index (χ3v) is 6.82. The number of nitrogens with one attached hydrogen (secondary N) is 1. The minimum absolute atomic E-state index is 0.155. The van der Waals surface area contributed by atoms with Gasteiger partial charge in [0.1, 0.15) is 0 Å². The second-order valence-electron chi connectivity index (χ2n) is 7.19. The van der Waals surface area contributed by atoms with Gasteiger partial charge < -0.3 is 4.90 Å². The molecule has 1 aliphatic rings. The van der Waals surface area contributed by atoms with Crippen molar-refractivity contribution in [2.75, 3.05) is 11.4 Å². The standard InChI is InChI=1S/C23H18ClN3O3S/c1-25-19-10-11-22-17(13-19)14-20(26-31(29,30)21-8-3-2-4-9-21)15-27(22)23(28)16-6-5-7-18(24)12-16/h2-13,20,26H,14-15H2/t20-/m0/s1. The molecule has 3 aromatic rings. The van der Waals surface area contributed by atoms with Crippen molar-refractivity contribution in [3.63, 3.8) is 0 Å². The average molecular weight is 452 g/mol. The van der Waals surface area contributed by atoms with Crippen molar-refractivity contribution in [1.29, 1.82) is 0 Å². The number of carbonyl (C=O) groups is 1. The molecular weight excluding hydrogens is 434 g/mol. The lowest BCUT2D eigenvalue weighted by molar-refractivity contribution is 0.0982. The van der Waals surface area contributed by atoms with Crippen molar-refractivity contribution in [2.24, 2.45) is 0 Å². The number of amides is 1. The molecule has 0 aromatic heterocycles. The Bertz CT molecular complexity index is 1290. The van der Waals surface area contributed by atoms with Crippen molar-refractivity contribution in [1.82, 2.24) is 4.72 Å². The van der Waals surface area contributed by atoms with Crippen LogP contribution < -0.4 is 9.62 Å². The van der Waals surface area contributed by atoms with E-state index < -0.39 is 16.1 Å². The molecule has 1 atom stereocenters. The third kappa shape index (κ3) is 4.47. The maximum atomic E-state index is 13.3. The van der Waals surface area contributed by atoms with E-state index in [4.69, 9.17) is 18.2 Å². The van der Waals surface area contributed by atoms with Crippen LogP contribution >= 0.6 is 11.6 Å². The first kappa shape index (κ1) is 21.1. The number of benzene rings is 3. The number of hydrogen-bond donors (Lipinski definition) is 1. The van der Waals surface area contributed by atoms with Gasteiger partial charge in [-0.2, -0.15) is 0 Å². The van der Waals surface area contributed by atoms with Crippen LogP contribution in [0.1, 0.15) is 15.9 Å². The average Bonchev–Trinajstić information content (AvgIpc) is 2.78. The summed E-state index contributed by atoms with van der Waals surface area (Å²) < 4.78 is 28.4. The van der Waals surface area contributed by atoms with E-state index in [0.717, 1.165) is 5.56 Å². The van der Waals surface area contributed by atoms with Gasteiger partial charge >= 0.3 is 0 Å². The Kier molecular flexibility index (Phi) is 5.79. The summed E-state index contributed by atoms with van der Waals surface area (Å²) in [6.07, 6.45) is 0.365. The summed E-state index contributed by atoms with van der Waals surface area (Å²) >= 11 is 6.06. The third-order valence-electron chi connectivity index (χ3n) is 5.04. The van der Waals surface area contributed by atoms with Crippen LogP contribution in [0.4, 0.5) is 11.4 Å². The molecule has 8 heteroatoms. The van der Waals surface area contributed by atoms with Gasteiger partial charge in [0.25, 0.3) is 5.91 Å². The van der Waals surface area contributed by atoms with E-state index in [1.807, 2.05) is 0 Å². The van der Waals surface area contributed by atoms with Crippen molar-refractivity contribution in [2.45, 2.75) is 17.4 Å². The van der Waals surface area contributed by atoms with Crippen LogP contribution in [0.5, 0.6) is 0 Å². The molecule has 1 amide bonds. The van der Waals surface area contributed by atoms with Crippen molar-refractivity contribution < 1.29 is 13.2 Å². The van der Waals surface area contributed by atoms with Crippen LogP contribution in [0, 0.1) is 6.57 Å². The lowest BCUT2D eigenvalue weighted by atomic mass is 9.97. The maximum Gasteiger partial charge on any atom is 0.258 e. The Morgan fingerprint density at radius 1 is 1.06 bits per heavy atom. The molecule has 0 saturated heterocycles. The molecule has 156 valence electrons. The van der Waals surface area contributed by atoms with Crippen LogP contribution in [-0.2, 0) is 16.4 Å². The summed E-state index contributed by atoms with van der Waals surface area (Å²) in [4.78, 5) is 18.4. The van der Waals surface area contributed by atoms with Gasteiger partial charge in [0.2, 0.25) is 10.0 Å². The second kappa shape index (κ2) is 8.52. The van der Waals surface area contributed by atoms with Crippen LogP contribution in [0.25, 0.3) is 4.85 Å². The van der Waals surface area contributed by atoms with Crippen LogP contribution in [0.3, 0.4) is 0 Å². The number of halogens is 1. The molecule has 0 radical (unpaired) electrons. The summed E-state index contributed by atoms with van der Waals surface area (Å²) in [5.41, 5.74) is 2.23. The number of anilines is 1. The molecule has 0 bridgehead atoms. The van der Waals surface area contributed by atoms with Gasteiger partial charge in [-0.05, 0) is 48.4 Å². The van der Waals surface area contributed by atoms with Crippen molar-refractivity contribution in [3.05, 3.63) is 100 Å². The Morgan fingerprint density at radius 2 is 1.84 bits per heavy atom. The highest BCUT2D eigenvalue weighted by atomic mass is 35.5. The fraction of sp³-hybridized carbons (Fsp3) is 0.130. The molecule has 0 unspecified atom stereocenters. The molecule has 0 fully saturated rings. The highest BCUT2D eigenvalue weighted by molar-refractivity contribution is 7.89. The number of hydrogen-bond acceptors (Lipinski definition) is 3. The number of sulfonamides is 1. The summed E-state index contributed by atoms with van der Waals surface area (Å²) in [5.74, 6) is -0.289. The SMILES string of the molecule is [C-]#[N+]c1ccc2c(c1)C[C@H](NS(=O)(=O)c1ccccc1)CN2C(=O)c1cccc(Cl)c1. The van der Waals surface area contributed by atoms with E-state index in [9.17, 15) is 13.2 Å². The van der Waals surface area contributed by atoms with E-state index >= 15 is 0 Å². The van der Waals surface area contributed by atoms with Gasteiger partial charge in [-0.25, -0.2) is 18.0 Å². The van der Waals surface area contributed by atoms with E-state index in [1.54, 1.807) is 60.7 Å². The molecule has 3 aromatic carbocycles. The van der Waals surface area contributed by atoms with E-state index in [-0.39, 0.29) is 17.3 Å².